The van der Waals surface area contributed by atoms with Gasteiger partial charge >= 0.3 is 12.1 Å². The van der Waals surface area contributed by atoms with Gasteiger partial charge in [-0.05, 0) is 90.9 Å². The summed E-state index contributed by atoms with van der Waals surface area (Å²) in [6.07, 6.45) is 3.53. The molecule has 1 fully saturated rings. The maximum atomic E-state index is 12.7. The third kappa shape index (κ3) is 5.09. The summed E-state index contributed by atoms with van der Waals surface area (Å²) in [7, 11) is 0. The lowest BCUT2D eigenvalue weighted by molar-refractivity contribution is -0.143. The maximum Gasteiger partial charge on any atom is 0.411 e. The Morgan fingerprint density at radius 2 is 1.91 bits per heavy atom. The predicted molar refractivity (Wildman–Crippen MR) is 130 cm³/mol. The Hall–Kier alpha value is -2.38. The Labute approximate surface area is 206 Å². The van der Waals surface area contributed by atoms with Crippen LogP contribution < -0.4 is 0 Å². The Balaban J connectivity index is 1.82. The Kier molecular flexibility index (Phi) is 6.56. The van der Waals surface area contributed by atoms with Crippen molar-refractivity contribution in [3.63, 3.8) is 0 Å². The normalized spacial score (nSPS) is 20.5. The number of rotatable bonds is 1. The highest BCUT2D eigenvalue weighted by atomic mass is 79.9. The number of halogens is 2. The Bertz CT molecular complexity index is 1100. The number of fused-ring (bicyclic) bond motifs is 2. The van der Waals surface area contributed by atoms with E-state index < -0.39 is 23.7 Å². The van der Waals surface area contributed by atoms with Crippen LogP contribution in [-0.2, 0) is 22.4 Å². The van der Waals surface area contributed by atoms with Crippen molar-refractivity contribution in [3.05, 3.63) is 67.9 Å². The highest BCUT2D eigenvalue weighted by Crippen LogP contribution is 2.40. The molecule has 1 aliphatic carbocycles. The number of benzene rings is 1. The molecule has 1 aliphatic heterocycles. The van der Waals surface area contributed by atoms with Crippen LogP contribution in [0.1, 0.15) is 56.0 Å². The number of carboxylic acids is 1. The third-order valence-corrected chi connectivity index (χ3v) is 6.58. The van der Waals surface area contributed by atoms with Gasteiger partial charge in [0.15, 0.2) is 0 Å². The first kappa shape index (κ1) is 23.8. The number of amides is 1. The number of hydrogen-bond donors (Lipinski definition) is 1. The lowest BCUT2D eigenvalue weighted by atomic mass is 9.86. The molecule has 2 aliphatic rings. The number of aryl methyl sites for hydroxylation is 2. The number of hydrogen-bond acceptors (Lipinski definition) is 4. The van der Waals surface area contributed by atoms with Gasteiger partial charge in [-0.2, -0.15) is 0 Å². The van der Waals surface area contributed by atoms with E-state index in [0.717, 1.165) is 50.8 Å². The third-order valence-electron chi connectivity index (χ3n) is 5.91. The van der Waals surface area contributed by atoms with E-state index in [1.165, 1.54) is 4.90 Å². The van der Waals surface area contributed by atoms with Gasteiger partial charge in [0.1, 0.15) is 11.6 Å². The maximum absolute atomic E-state index is 12.7. The minimum absolute atomic E-state index is 0.211. The number of ether oxygens (including phenoxy) is 1. The number of pyridine rings is 1. The van der Waals surface area contributed by atoms with Gasteiger partial charge in [-0.3, -0.25) is 9.88 Å². The van der Waals surface area contributed by atoms with Crippen LogP contribution in [0.15, 0.2) is 40.5 Å². The predicted octanol–water partition coefficient (Wildman–Crippen LogP) is 5.88. The molecule has 8 heteroatoms. The number of carboxylic acid groups (broad SMARTS) is 1. The number of carbonyl (C=O) groups is 2. The van der Waals surface area contributed by atoms with Gasteiger partial charge in [0, 0.05) is 34.2 Å². The zero-order valence-electron chi connectivity index (χ0n) is 18.8. The summed E-state index contributed by atoms with van der Waals surface area (Å²) in [4.78, 5) is 31.0. The summed E-state index contributed by atoms with van der Waals surface area (Å²) >= 11 is 9.82. The molecular formula is C25H26BrClN2O4. The second-order valence-electron chi connectivity index (χ2n) is 9.42. The first-order valence-corrected chi connectivity index (χ1v) is 12.1. The van der Waals surface area contributed by atoms with Gasteiger partial charge < -0.3 is 9.84 Å². The van der Waals surface area contributed by atoms with Gasteiger partial charge in [0.2, 0.25) is 0 Å². The molecule has 33 heavy (non-hydrogen) atoms. The molecule has 1 unspecified atom stereocenters. The van der Waals surface area contributed by atoms with Crippen LogP contribution in [0.25, 0.3) is 5.57 Å². The first-order valence-electron chi connectivity index (χ1n) is 10.9. The smallest absolute Gasteiger partial charge is 0.411 e. The molecule has 0 saturated carbocycles. The molecule has 0 bridgehead atoms. The molecule has 0 spiro atoms. The molecule has 1 saturated heterocycles. The molecule has 1 aromatic heterocycles. The number of aliphatic carboxylic acids is 1. The van der Waals surface area contributed by atoms with Crippen LogP contribution in [-0.4, -0.2) is 45.2 Å². The van der Waals surface area contributed by atoms with E-state index in [0.29, 0.717) is 11.4 Å². The fourth-order valence-electron chi connectivity index (χ4n) is 4.51. The van der Waals surface area contributed by atoms with Gasteiger partial charge in [-0.15, -0.1) is 0 Å². The van der Waals surface area contributed by atoms with E-state index in [4.69, 9.17) is 21.3 Å². The lowest BCUT2D eigenvalue weighted by Gasteiger charge is -2.36. The average Bonchev–Trinajstić information content (AvgIpc) is 2.88. The van der Waals surface area contributed by atoms with E-state index in [-0.39, 0.29) is 13.0 Å². The van der Waals surface area contributed by atoms with Crippen molar-refractivity contribution in [2.75, 3.05) is 6.54 Å². The highest BCUT2D eigenvalue weighted by molar-refractivity contribution is 9.10. The van der Waals surface area contributed by atoms with Crippen molar-refractivity contribution in [2.45, 2.75) is 58.1 Å². The molecule has 1 amide bonds. The second kappa shape index (κ2) is 9.11. The van der Waals surface area contributed by atoms with Crippen LogP contribution in [0, 0.1) is 0 Å². The summed E-state index contributed by atoms with van der Waals surface area (Å²) < 4.78 is 6.37. The zero-order chi connectivity index (χ0) is 23.9. The standard InChI is InChI=1S/C25H26BrClN2O4/c1-25(2,3)33-24(32)29-9-8-15(12-20(29)23(30)31)21-19-7-6-18(27)11-14(19)4-5-16-10-17(26)13-28-22(16)21/h6-7,10-11,13,20H,4-5,8-9,12H2,1-3H3,(H,30,31)/b21-15+. The van der Waals surface area contributed by atoms with Crippen molar-refractivity contribution in [1.82, 2.24) is 9.88 Å². The van der Waals surface area contributed by atoms with Crippen molar-refractivity contribution in [2.24, 2.45) is 0 Å². The number of piperidine rings is 1. The van der Waals surface area contributed by atoms with Crippen LogP contribution in [0.4, 0.5) is 4.79 Å². The lowest BCUT2D eigenvalue weighted by Crippen LogP contribution is -2.50. The molecule has 2 aromatic rings. The van der Waals surface area contributed by atoms with Crippen LogP contribution in [0.5, 0.6) is 0 Å². The molecule has 0 radical (unpaired) electrons. The first-order chi connectivity index (χ1) is 15.5. The fourth-order valence-corrected chi connectivity index (χ4v) is 5.08. The van der Waals surface area contributed by atoms with Gasteiger partial charge in [0.25, 0.3) is 0 Å². The summed E-state index contributed by atoms with van der Waals surface area (Å²) in [5, 5.41) is 10.6. The van der Waals surface area contributed by atoms with E-state index in [2.05, 4.69) is 22.0 Å². The van der Waals surface area contributed by atoms with Gasteiger partial charge in [-0.1, -0.05) is 23.2 Å². The molecule has 6 nitrogen and oxygen atoms in total. The molecule has 1 atom stereocenters. The minimum atomic E-state index is -1.05. The average molecular weight is 534 g/mol. The zero-order valence-corrected chi connectivity index (χ0v) is 21.2. The van der Waals surface area contributed by atoms with Crippen molar-refractivity contribution in [3.8, 4) is 0 Å². The number of carbonyl (C=O) groups excluding carboxylic acids is 1. The van der Waals surface area contributed by atoms with Gasteiger partial charge in [0.05, 0.1) is 5.69 Å². The van der Waals surface area contributed by atoms with Crippen LogP contribution >= 0.6 is 27.5 Å². The molecule has 2 heterocycles. The molecule has 4 rings (SSSR count). The Morgan fingerprint density at radius 3 is 2.61 bits per heavy atom. The quantitative estimate of drug-likeness (QED) is 0.495. The number of aromatic nitrogens is 1. The minimum Gasteiger partial charge on any atom is -0.480 e. The summed E-state index contributed by atoms with van der Waals surface area (Å²) in [5.74, 6) is -1.05. The van der Waals surface area contributed by atoms with Crippen LogP contribution in [0.3, 0.4) is 0 Å². The van der Waals surface area contributed by atoms with E-state index >= 15 is 0 Å². The van der Waals surface area contributed by atoms with E-state index in [1.807, 2.05) is 18.2 Å². The fraction of sp³-hybridized carbons (Fsp3) is 0.400. The topological polar surface area (TPSA) is 79.7 Å². The molecule has 1 aromatic carbocycles. The molecule has 1 N–H and O–H groups in total. The summed E-state index contributed by atoms with van der Waals surface area (Å²) in [6.45, 7) is 5.57. The SMILES string of the molecule is CC(C)(C)OC(=O)N1CC/C(=C2/c3ccc(Cl)cc3CCc3cc(Br)cnc32)CC1C(=O)O. The van der Waals surface area contributed by atoms with Crippen LogP contribution in [0.2, 0.25) is 5.02 Å². The van der Waals surface area contributed by atoms with Gasteiger partial charge in [-0.25, -0.2) is 9.59 Å². The molecule has 174 valence electrons. The van der Waals surface area contributed by atoms with E-state index in [9.17, 15) is 14.7 Å². The van der Waals surface area contributed by atoms with Crippen molar-refractivity contribution < 1.29 is 19.4 Å². The number of likely N-dealkylation sites (tertiary alicyclic amines) is 1. The van der Waals surface area contributed by atoms with Crippen molar-refractivity contribution >= 4 is 45.2 Å². The monoisotopic (exact) mass is 532 g/mol. The summed E-state index contributed by atoms with van der Waals surface area (Å²) in [6, 6.07) is 6.89. The highest BCUT2D eigenvalue weighted by Gasteiger charge is 2.38. The molecular weight excluding hydrogens is 508 g/mol. The van der Waals surface area contributed by atoms with E-state index in [1.54, 1.807) is 27.0 Å². The largest absolute Gasteiger partial charge is 0.480 e. The summed E-state index contributed by atoms with van der Waals surface area (Å²) in [5.41, 5.74) is 5.33. The van der Waals surface area contributed by atoms with Crippen molar-refractivity contribution in [1.29, 1.82) is 0 Å². The number of nitrogens with zero attached hydrogens (tertiary/aromatic N) is 2. The Morgan fingerprint density at radius 1 is 1.18 bits per heavy atom. The second-order valence-corrected chi connectivity index (χ2v) is 10.8.